The lowest BCUT2D eigenvalue weighted by molar-refractivity contribution is -0.113. The summed E-state index contributed by atoms with van der Waals surface area (Å²) in [6, 6.07) is 21.7. The Morgan fingerprint density at radius 1 is 1.02 bits per heavy atom. The number of anilines is 2. The second kappa shape index (κ2) is 12.0. The molecule has 3 aromatic carbocycles. The zero-order valence-electron chi connectivity index (χ0n) is 23.6. The molecule has 0 fully saturated rings. The first-order valence-electron chi connectivity index (χ1n) is 13.6. The van der Waals surface area contributed by atoms with Gasteiger partial charge in [-0.3, -0.25) is 4.79 Å². The molecule has 1 aliphatic heterocycles. The molecule has 1 aliphatic rings. The summed E-state index contributed by atoms with van der Waals surface area (Å²) in [6.07, 6.45) is 1.02. The molecule has 8 heteroatoms. The smallest absolute Gasteiger partial charge is 0.255 e. The Morgan fingerprint density at radius 3 is 2.50 bits per heavy atom. The van der Waals surface area contributed by atoms with Gasteiger partial charge in [0.05, 0.1) is 5.57 Å². The predicted octanol–water partition coefficient (Wildman–Crippen LogP) is 7.21. The number of nitrogens with zero attached hydrogens (tertiary/aromatic N) is 3. The van der Waals surface area contributed by atoms with Crippen LogP contribution in [0.1, 0.15) is 54.1 Å². The minimum Gasteiger partial charge on any atom is -0.489 e. The summed E-state index contributed by atoms with van der Waals surface area (Å²) in [5.74, 6) is 2.14. The van der Waals surface area contributed by atoms with Crippen molar-refractivity contribution in [1.29, 1.82) is 0 Å². The van der Waals surface area contributed by atoms with Gasteiger partial charge in [-0.1, -0.05) is 72.8 Å². The van der Waals surface area contributed by atoms with Crippen LogP contribution in [0.2, 0.25) is 0 Å². The fourth-order valence-electron chi connectivity index (χ4n) is 4.66. The molecule has 5 rings (SSSR count). The van der Waals surface area contributed by atoms with Gasteiger partial charge in [0, 0.05) is 17.1 Å². The average Bonchev–Trinajstić information content (AvgIpc) is 3.36. The Hall–Kier alpha value is -4.04. The molecule has 0 bridgehead atoms. The molecule has 40 heavy (non-hydrogen) atoms. The van der Waals surface area contributed by atoms with Gasteiger partial charge in [0.1, 0.15) is 18.4 Å². The van der Waals surface area contributed by atoms with Crippen molar-refractivity contribution in [3.05, 3.63) is 106 Å². The second-order valence-electron chi connectivity index (χ2n) is 10.1. The molecule has 7 nitrogen and oxygen atoms in total. The van der Waals surface area contributed by atoms with E-state index in [1.165, 1.54) is 5.56 Å². The van der Waals surface area contributed by atoms with Crippen LogP contribution in [0.3, 0.4) is 0 Å². The molecule has 0 aliphatic carbocycles. The number of carbonyl (C=O) groups excluding carboxylic acids is 1. The van der Waals surface area contributed by atoms with E-state index in [1.54, 1.807) is 11.8 Å². The van der Waals surface area contributed by atoms with Crippen molar-refractivity contribution in [3.63, 3.8) is 0 Å². The highest BCUT2D eigenvalue weighted by atomic mass is 32.2. The maximum absolute atomic E-state index is 13.9. The van der Waals surface area contributed by atoms with Gasteiger partial charge in [-0.2, -0.15) is 4.98 Å². The Balaban J connectivity index is 1.46. The first-order valence-corrected chi connectivity index (χ1v) is 14.6. The van der Waals surface area contributed by atoms with Gasteiger partial charge in [-0.05, 0) is 74.6 Å². The number of amides is 1. The third kappa shape index (κ3) is 5.92. The summed E-state index contributed by atoms with van der Waals surface area (Å²) in [4.78, 5) is 18.6. The van der Waals surface area contributed by atoms with Crippen LogP contribution in [0.5, 0.6) is 5.75 Å². The lowest BCUT2D eigenvalue weighted by Gasteiger charge is -2.29. The van der Waals surface area contributed by atoms with Crippen molar-refractivity contribution in [2.24, 2.45) is 0 Å². The number of benzene rings is 3. The largest absolute Gasteiger partial charge is 0.489 e. The highest BCUT2D eigenvalue weighted by Crippen LogP contribution is 2.37. The van der Waals surface area contributed by atoms with E-state index in [4.69, 9.17) is 14.8 Å². The third-order valence-electron chi connectivity index (χ3n) is 7.09. The highest BCUT2D eigenvalue weighted by Gasteiger charge is 2.34. The van der Waals surface area contributed by atoms with Gasteiger partial charge in [0.2, 0.25) is 11.1 Å². The molecule has 1 atom stereocenters. The van der Waals surface area contributed by atoms with Gasteiger partial charge in [0.15, 0.2) is 0 Å². The third-order valence-corrected chi connectivity index (χ3v) is 8.13. The molecule has 2 N–H and O–H groups in total. The minimum absolute atomic E-state index is 0.174. The summed E-state index contributed by atoms with van der Waals surface area (Å²) >= 11 is 1.61. The van der Waals surface area contributed by atoms with Crippen molar-refractivity contribution < 1.29 is 9.53 Å². The molecular weight excluding hydrogens is 518 g/mol. The Labute approximate surface area is 240 Å². The van der Waals surface area contributed by atoms with Crippen LogP contribution in [0.4, 0.5) is 11.6 Å². The number of rotatable bonds is 9. The Morgan fingerprint density at radius 2 is 1.77 bits per heavy atom. The van der Waals surface area contributed by atoms with Crippen LogP contribution in [-0.2, 0) is 11.4 Å². The molecule has 0 radical (unpaired) electrons. The van der Waals surface area contributed by atoms with Gasteiger partial charge < -0.3 is 15.4 Å². The minimum atomic E-state index is -0.448. The molecule has 206 valence electrons. The van der Waals surface area contributed by atoms with E-state index in [2.05, 4.69) is 48.7 Å². The molecule has 1 amide bonds. The van der Waals surface area contributed by atoms with E-state index in [9.17, 15) is 4.79 Å². The van der Waals surface area contributed by atoms with Gasteiger partial charge in [0.25, 0.3) is 5.91 Å². The standard InChI is InChI=1S/C32H35N5O2S/c1-6-18-40-32-35-31-33-23(5)28(30(38)34-27-9-7-8-21(3)22(27)4)29(37(31)36-32)25-14-16-26(17-15-25)39-19-24-12-10-20(2)11-13-24/h7-17,29H,6,18-19H2,1-5H3,(H,34,38)(H,33,35,36). The number of ether oxygens (including phenoxy) is 1. The molecule has 0 spiro atoms. The molecular formula is C32H35N5O2S. The number of aromatic nitrogens is 3. The van der Waals surface area contributed by atoms with E-state index in [0.717, 1.165) is 51.6 Å². The van der Waals surface area contributed by atoms with Crippen LogP contribution in [0.15, 0.2) is 83.2 Å². The highest BCUT2D eigenvalue weighted by molar-refractivity contribution is 7.99. The maximum Gasteiger partial charge on any atom is 0.255 e. The summed E-state index contributed by atoms with van der Waals surface area (Å²) in [6.45, 7) is 10.7. The van der Waals surface area contributed by atoms with Crippen molar-refractivity contribution in [2.75, 3.05) is 16.4 Å². The van der Waals surface area contributed by atoms with Crippen LogP contribution >= 0.6 is 11.8 Å². The van der Waals surface area contributed by atoms with E-state index in [1.807, 2.05) is 67.9 Å². The van der Waals surface area contributed by atoms with Crippen LogP contribution in [-0.4, -0.2) is 26.4 Å². The molecule has 4 aromatic rings. The van der Waals surface area contributed by atoms with E-state index >= 15 is 0 Å². The number of nitrogens with one attached hydrogen (secondary N) is 2. The zero-order valence-corrected chi connectivity index (χ0v) is 24.4. The van der Waals surface area contributed by atoms with Crippen molar-refractivity contribution in [2.45, 2.75) is 58.8 Å². The van der Waals surface area contributed by atoms with Gasteiger partial charge in [-0.15, -0.1) is 5.10 Å². The number of hydrogen-bond donors (Lipinski definition) is 2. The fraction of sp³-hybridized carbons (Fsp3) is 0.281. The van der Waals surface area contributed by atoms with Crippen LogP contribution < -0.4 is 15.4 Å². The number of thioether (sulfide) groups is 1. The number of carbonyl (C=O) groups is 1. The van der Waals surface area contributed by atoms with E-state index < -0.39 is 6.04 Å². The number of aryl methyl sites for hydroxylation is 2. The maximum atomic E-state index is 13.9. The summed E-state index contributed by atoms with van der Waals surface area (Å²) in [5, 5.41) is 12.0. The van der Waals surface area contributed by atoms with Gasteiger partial charge >= 0.3 is 0 Å². The first-order chi connectivity index (χ1) is 19.3. The number of allylic oxidation sites excluding steroid dienone is 1. The summed E-state index contributed by atoms with van der Waals surface area (Å²) in [5.41, 5.74) is 7.57. The monoisotopic (exact) mass is 553 g/mol. The quantitative estimate of drug-likeness (QED) is 0.213. The lowest BCUT2D eigenvalue weighted by atomic mass is 9.94. The molecule has 1 aromatic heterocycles. The summed E-state index contributed by atoms with van der Waals surface area (Å²) < 4.78 is 7.87. The van der Waals surface area contributed by atoms with Crippen molar-refractivity contribution in [3.8, 4) is 5.75 Å². The molecule has 1 unspecified atom stereocenters. The number of hydrogen-bond acceptors (Lipinski definition) is 6. The zero-order chi connectivity index (χ0) is 28.2. The molecule has 0 saturated heterocycles. The van der Waals surface area contributed by atoms with Crippen LogP contribution in [0.25, 0.3) is 0 Å². The van der Waals surface area contributed by atoms with Crippen molar-refractivity contribution in [1.82, 2.24) is 14.8 Å². The van der Waals surface area contributed by atoms with E-state index in [0.29, 0.717) is 23.3 Å². The first kappa shape index (κ1) is 27.5. The normalized spacial score (nSPS) is 14.5. The Bertz CT molecular complexity index is 1540. The SMILES string of the molecule is CCCSc1nc2n(n1)C(c1ccc(OCc3ccc(C)cc3)cc1)C(C(=O)Nc1cccc(C)c1C)=C(C)N2. The topological polar surface area (TPSA) is 81.1 Å². The Kier molecular flexibility index (Phi) is 8.26. The number of fused-ring (bicyclic) bond motifs is 1. The van der Waals surface area contributed by atoms with Crippen molar-refractivity contribution >= 4 is 29.3 Å². The second-order valence-corrected chi connectivity index (χ2v) is 11.2. The van der Waals surface area contributed by atoms with Gasteiger partial charge in [-0.25, -0.2) is 4.68 Å². The molecule has 0 saturated carbocycles. The molecule has 2 heterocycles. The predicted molar refractivity (Wildman–Crippen MR) is 162 cm³/mol. The van der Waals surface area contributed by atoms with Crippen LogP contribution in [0, 0.1) is 20.8 Å². The lowest BCUT2D eigenvalue weighted by Crippen LogP contribution is -2.31. The fourth-order valence-corrected chi connectivity index (χ4v) is 5.35. The average molecular weight is 554 g/mol. The van der Waals surface area contributed by atoms with E-state index in [-0.39, 0.29) is 5.91 Å². The summed E-state index contributed by atoms with van der Waals surface area (Å²) in [7, 11) is 0.